The van der Waals surface area contributed by atoms with Gasteiger partial charge in [0.25, 0.3) is 0 Å². The van der Waals surface area contributed by atoms with Crippen LogP contribution in [0.2, 0.25) is 0 Å². The molecule has 0 unspecified atom stereocenters. The summed E-state index contributed by atoms with van der Waals surface area (Å²) in [5.74, 6) is 0.959. The molecule has 5 nitrogen and oxygen atoms in total. The monoisotopic (exact) mass is 260 g/mol. The Labute approximate surface area is 113 Å². The Bertz CT molecular complexity index is 545. The average Bonchev–Trinajstić information content (AvgIpc) is 2.79. The fraction of sp³-hybridized carbons (Fsp3) is 0.500. The molecule has 1 aliphatic rings. The molecule has 1 aromatic carbocycles. The second kappa shape index (κ2) is 5.59. The van der Waals surface area contributed by atoms with Gasteiger partial charge in [-0.15, -0.1) is 0 Å². The summed E-state index contributed by atoms with van der Waals surface area (Å²) in [6.07, 6.45) is 0. The fourth-order valence-electron chi connectivity index (χ4n) is 2.43. The summed E-state index contributed by atoms with van der Waals surface area (Å²) in [5, 5.41) is 3.46. The van der Waals surface area contributed by atoms with E-state index >= 15 is 0 Å². The number of imidazole rings is 1. The smallest absolute Gasteiger partial charge is 0.104 e. The maximum atomic E-state index is 5.34. The van der Waals surface area contributed by atoms with E-state index in [1.54, 1.807) is 0 Å². The third kappa shape index (κ3) is 3.05. The molecule has 1 fully saturated rings. The van der Waals surface area contributed by atoms with E-state index in [1.165, 1.54) is 0 Å². The lowest BCUT2D eigenvalue weighted by atomic mass is 10.2. The number of hydrogen-bond acceptors (Lipinski definition) is 4. The minimum atomic E-state index is 0.860. The van der Waals surface area contributed by atoms with Crippen LogP contribution in [0.4, 0.5) is 5.69 Å². The van der Waals surface area contributed by atoms with Gasteiger partial charge in [0.05, 0.1) is 24.2 Å². The minimum absolute atomic E-state index is 0.860. The molecule has 0 aliphatic carbocycles. The average molecular weight is 260 g/mol. The van der Waals surface area contributed by atoms with Crippen LogP contribution in [0, 0.1) is 6.92 Å². The summed E-state index contributed by atoms with van der Waals surface area (Å²) in [6, 6.07) is 6.26. The number of rotatable bonds is 4. The van der Waals surface area contributed by atoms with E-state index in [2.05, 4.69) is 38.4 Å². The number of H-pyrrole nitrogens is 1. The first-order chi connectivity index (χ1) is 9.31. The van der Waals surface area contributed by atoms with Crippen molar-refractivity contribution < 1.29 is 4.74 Å². The number of morpholine rings is 1. The van der Waals surface area contributed by atoms with E-state index in [9.17, 15) is 0 Å². The van der Waals surface area contributed by atoms with E-state index in [0.29, 0.717) is 0 Å². The van der Waals surface area contributed by atoms with Gasteiger partial charge in [-0.3, -0.25) is 4.90 Å². The zero-order chi connectivity index (χ0) is 13.1. The lowest BCUT2D eigenvalue weighted by Crippen LogP contribution is -2.38. The Balaban J connectivity index is 1.55. The normalized spacial score (nSPS) is 16.9. The lowest BCUT2D eigenvalue weighted by Gasteiger charge is -2.26. The maximum absolute atomic E-state index is 5.34. The van der Waals surface area contributed by atoms with Gasteiger partial charge in [-0.2, -0.15) is 0 Å². The molecule has 1 aliphatic heterocycles. The minimum Gasteiger partial charge on any atom is -0.384 e. The Morgan fingerprint density at radius 1 is 1.37 bits per heavy atom. The molecule has 102 valence electrons. The highest BCUT2D eigenvalue weighted by Crippen LogP contribution is 2.16. The molecule has 2 heterocycles. The summed E-state index contributed by atoms with van der Waals surface area (Å²) < 4.78 is 5.34. The van der Waals surface area contributed by atoms with Crippen molar-refractivity contribution in [1.82, 2.24) is 14.9 Å². The van der Waals surface area contributed by atoms with E-state index in [-0.39, 0.29) is 0 Å². The predicted octanol–water partition coefficient (Wildman–Crippen LogP) is 1.62. The van der Waals surface area contributed by atoms with Gasteiger partial charge >= 0.3 is 0 Å². The van der Waals surface area contributed by atoms with Crippen molar-refractivity contribution in [3.63, 3.8) is 0 Å². The molecule has 1 aromatic heterocycles. The van der Waals surface area contributed by atoms with Crippen molar-refractivity contribution in [3.8, 4) is 0 Å². The molecule has 0 atom stereocenters. The van der Waals surface area contributed by atoms with Crippen LogP contribution in [-0.2, 0) is 4.74 Å². The van der Waals surface area contributed by atoms with E-state index in [4.69, 9.17) is 4.74 Å². The number of aryl methyl sites for hydroxylation is 1. The molecule has 0 amide bonds. The van der Waals surface area contributed by atoms with E-state index in [0.717, 1.165) is 61.9 Å². The number of hydrogen-bond donors (Lipinski definition) is 2. The zero-order valence-electron chi connectivity index (χ0n) is 11.3. The summed E-state index contributed by atoms with van der Waals surface area (Å²) in [4.78, 5) is 10.1. The van der Waals surface area contributed by atoms with Crippen LogP contribution in [0.15, 0.2) is 18.2 Å². The van der Waals surface area contributed by atoms with Crippen LogP contribution in [0.25, 0.3) is 11.0 Å². The lowest BCUT2D eigenvalue weighted by molar-refractivity contribution is 0.0398. The van der Waals surface area contributed by atoms with Crippen LogP contribution in [-0.4, -0.2) is 54.3 Å². The molecule has 0 saturated carbocycles. The largest absolute Gasteiger partial charge is 0.384 e. The second-order valence-electron chi connectivity index (χ2n) is 4.93. The van der Waals surface area contributed by atoms with Crippen LogP contribution < -0.4 is 5.32 Å². The van der Waals surface area contributed by atoms with Crippen molar-refractivity contribution in [1.29, 1.82) is 0 Å². The predicted molar refractivity (Wildman–Crippen MR) is 76.6 cm³/mol. The molecule has 2 aromatic rings. The highest BCUT2D eigenvalue weighted by molar-refractivity contribution is 5.79. The van der Waals surface area contributed by atoms with Gasteiger partial charge in [-0.1, -0.05) is 0 Å². The first-order valence-electron chi connectivity index (χ1n) is 6.81. The Kier molecular flexibility index (Phi) is 3.66. The van der Waals surface area contributed by atoms with Crippen LogP contribution in [0.5, 0.6) is 0 Å². The van der Waals surface area contributed by atoms with Crippen LogP contribution in [0.3, 0.4) is 0 Å². The second-order valence-corrected chi connectivity index (χ2v) is 4.93. The number of benzene rings is 1. The van der Waals surface area contributed by atoms with Gasteiger partial charge in [0.15, 0.2) is 0 Å². The molecular formula is C14H20N4O. The SMILES string of the molecule is Cc1nc2ccc(NCCN3CCOCC3)cc2[nH]1. The molecule has 1 saturated heterocycles. The number of ether oxygens (including phenoxy) is 1. The molecule has 0 bridgehead atoms. The van der Waals surface area contributed by atoms with Crippen LogP contribution >= 0.6 is 0 Å². The van der Waals surface area contributed by atoms with Gasteiger partial charge in [0, 0.05) is 31.9 Å². The zero-order valence-corrected chi connectivity index (χ0v) is 11.3. The van der Waals surface area contributed by atoms with Gasteiger partial charge in [-0.05, 0) is 25.1 Å². The fourth-order valence-corrected chi connectivity index (χ4v) is 2.43. The third-order valence-electron chi connectivity index (χ3n) is 3.46. The first-order valence-corrected chi connectivity index (χ1v) is 6.81. The Morgan fingerprint density at radius 2 is 2.21 bits per heavy atom. The summed E-state index contributed by atoms with van der Waals surface area (Å²) in [6.45, 7) is 7.80. The number of nitrogens with one attached hydrogen (secondary N) is 2. The van der Waals surface area contributed by atoms with Gasteiger partial charge in [0.2, 0.25) is 0 Å². The number of anilines is 1. The Morgan fingerprint density at radius 3 is 3.05 bits per heavy atom. The topological polar surface area (TPSA) is 53.2 Å². The van der Waals surface area contributed by atoms with Gasteiger partial charge < -0.3 is 15.0 Å². The quantitative estimate of drug-likeness (QED) is 0.877. The van der Waals surface area contributed by atoms with E-state index in [1.807, 2.05) is 6.92 Å². The first kappa shape index (κ1) is 12.4. The number of aromatic amines is 1. The highest BCUT2D eigenvalue weighted by atomic mass is 16.5. The summed E-state index contributed by atoms with van der Waals surface area (Å²) in [7, 11) is 0. The molecule has 2 N–H and O–H groups in total. The van der Waals surface area contributed by atoms with Gasteiger partial charge in [0.1, 0.15) is 5.82 Å². The standard InChI is InChI=1S/C14H20N4O/c1-11-16-13-3-2-12(10-14(13)17-11)15-4-5-18-6-8-19-9-7-18/h2-3,10,15H,4-9H2,1H3,(H,16,17). The van der Waals surface area contributed by atoms with Crippen molar-refractivity contribution in [2.45, 2.75) is 6.92 Å². The molecular weight excluding hydrogens is 240 g/mol. The van der Waals surface area contributed by atoms with E-state index < -0.39 is 0 Å². The number of aromatic nitrogens is 2. The molecule has 0 spiro atoms. The van der Waals surface area contributed by atoms with Crippen molar-refractivity contribution in [3.05, 3.63) is 24.0 Å². The Hall–Kier alpha value is -1.59. The van der Waals surface area contributed by atoms with Crippen LogP contribution in [0.1, 0.15) is 5.82 Å². The van der Waals surface area contributed by atoms with Crippen molar-refractivity contribution in [2.24, 2.45) is 0 Å². The number of fused-ring (bicyclic) bond motifs is 1. The summed E-state index contributed by atoms with van der Waals surface area (Å²) in [5.41, 5.74) is 3.26. The van der Waals surface area contributed by atoms with Crippen molar-refractivity contribution >= 4 is 16.7 Å². The number of nitrogens with zero attached hydrogens (tertiary/aromatic N) is 2. The molecule has 19 heavy (non-hydrogen) atoms. The highest BCUT2D eigenvalue weighted by Gasteiger charge is 2.09. The maximum Gasteiger partial charge on any atom is 0.104 e. The van der Waals surface area contributed by atoms with Gasteiger partial charge in [-0.25, -0.2) is 4.98 Å². The molecule has 5 heteroatoms. The summed E-state index contributed by atoms with van der Waals surface area (Å²) >= 11 is 0. The molecule has 0 radical (unpaired) electrons. The van der Waals surface area contributed by atoms with Crippen molar-refractivity contribution in [2.75, 3.05) is 44.7 Å². The molecule has 3 rings (SSSR count). The third-order valence-corrected chi connectivity index (χ3v) is 3.46.